The highest BCUT2D eigenvalue weighted by molar-refractivity contribution is 5.79. The van der Waals surface area contributed by atoms with Gasteiger partial charge >= 0.3 is 0 Å². The molecule has 2 N–H and O–H groups in total. The first-order chi connectivity index (χ1) is 8.08. The summed E-state index contributed by atoms with van der Waals surface area (Å²) in [6.45, 7) is 0.607. The maximum atomic E-state index is 12.2. The molecule has 0 saturated heterocycles. The summed E-state index contributed by atoms with van der Waals surface area (Å²) < 4.78 is 1.74. The van der Waals surface area contributed by atoms with Gasteiger partial charge in [0, 0.05) is 38.4 Å². The van der Waals surface area contributed by atoms with Crippen LogP contribution in [0.25, 0.3) is 0 Å². The highest BCUT2D eigenvalue weighted by atomic mass is 16.2. The van der Waals surface area contributed by atoms with E-state index in [2.05, 4.69) is 5.10 Å². The van der Waals surface area contributed by atoms with Gasteiger partial charge in [0.1, 0.15) is 0 Å². The summed E-state index contributed by atoms with van der Waals surface area (Å²) in [6.07, 6.45) is 6.68. The van der Waals surface area contributed by atoms with Gasteiger partial charge in [0.15, 0.2) is 0 Å². The Kier molecular flexibility index (Phi) is 3.47. The van der Waals surface area contributed by atoms with Gasteiger partial charge in [0.05, 0.1) is 12.1 Å². The highest BCUT2D eigenvalue weighted by Gasteiger charge is 2.32. The lowest BCUT2D eigenvalue weighted by Crippen LogP contribution is -2.39. The summed E-state index contributed by atoms with van der Waals surface area (Å²) in [4.78, 5) is 13.9. The van der Waals surface area contributed by atoms with Crippen LogP contribution in [-0.4, -0.2) is 33.7 Å². The molecule has 0 bridgehead atoms. The van der Waals surface area contributed by atoms with Gasteiger partial charge < -0.3 is 10.6 Å². The lowest BCUT2D eigenvalue weighted by Gasteiger charge is -2.22. The fraction of sp³-hybridized carbons (Fsp3) is 0.667. The lowest BCUT2D eigenvalue weighted by molar-refractivity contribution is -0.134. The molecule has 94 valence electrons. The number of hydrogen-bond acceptors (Lipinski definition) is 3. The van der Waals surface area contributed by atoms with E-state index in [1.807, 2.05) is 20.3 Å². The van der Waals surface area contributed by atoms with Crippen molar-refractivity contribution in [2.75, 3.05) is 7.05 Å². The molecule has 1 aromatic heterocycles. The molecule has 2 atom stereocenters. The molecule has 1 heterocycles. The van der Waals surface area contributed by atoms with Crippen LogP contribution in [-0.2, 0) is 18.4 Å². The van der Waals surface area contributed by atoms with Gasteiger partial charge in [-0.3, -0.25) is 9.48 Å². The van der Waals surface area contributed by atoms with Gasteiger partial charge in [0.2, 0.25) is 5.91 Å². The Balaban J connectivity index is 1.95. The number of carbonyl (C=O) groups excluding carboxylic acids is 1. The van der Waals surface area contributed by atoms with Crippen LogP contribution in [0.15, 0.2) is 12.4 Å². The minimum absolute atomic E-state index is 0.0108. The van der Waals surface area contributed by atoms with Crippen molar-refractivity contribution in [1.82, 2.24) is 14.7 Å². The maximum Gasteiger partial charge on any atom is 0.227 e. The number of amides is 1. The number of rotatable bonds is 3. The molecule has 0 aliphatic heterocycles. The second-order valence-electron chi connectivity index (χ2n) is 4.92. The van der Waals surface area contributed by atoms with Crippen LogP contribution in [0.1, 0.15) is 24.8 Å². The summed E-state index contributed by atoms with van der Waals surface area (Å²) in [7, 11) is 3.71. The first-order valence-corrected chi connectivity index (χ1v) is 6.06. The third-order valence-electron chi connectivity index (χ3n) is 3.44. The van der Waals surface area contributed by atoms with Crippen molar-refractivity contribution in [3.8, 4) is 0 Å². The van der Waals surface area contributed by atoms with Crippen molar-refractivity contribution in [3.05, 3.63) is 18.0 Å². The van der Waals surface area contributed by atoms with E-state index in [1.165, 1.54) is 0 Å². The molecule has 17 heavy (non-hydrogen) atoms. The Hall–Kier alpha value is -1.36. The van der Waals surface area contributed by atoms with Crippen molar-refractivity contribution < 1.29 is 4.79 Å². The fourth-order valence-electron chi connectivity index (χ4n) is 2.48. The zero-order valence-electron chi connectivity index (χ0n) is 10.5. The van der Waals surface area contributed by atoms with Crippen LogP contribution in [0, 0.1) is 5.92 Å². The molecule has 1 aliphatic rings. The number of nitrogens with two attached hydrogens (primary N) is 1. The molecule has 2 unspecified atom stereocenters. The second-order valence-corrected chi connectivity index (χ2v) is 4.92. The summed E-state index contributed by atoms with van der Waals surface area (Å²) >= 11 is 0. The smallest absolute Gasteiger partial charge is 0.227 e. The number of nitrogens with zero attached hydrogens (tertiary/aromatic N) is 3. The van der Waals surface area contributed by atoms with E-state index >= 15 is 0 Å². The SMILES string of the molecule is CN(Cc1cnn(C)c1)C(=O)C1CCCC1N. The Morgan fingerprint density at radius 2 is 2.41 bits per heavy atom. The maximum absolute atomic E-state index is 12.2. The molecule has 2 rings (SSSR count). The first-order valence-electron chi connectivity index (χ1n) is 6.06. The molecule has 0 aromatic carbocycles. The lowest BCUT2D eigenvalue weighted by atomic mass is 10.0. The molecule has 0 spiro atoms. The zero-order valence-corrected chi connectivity index (χ0v) is 10.5. The van der Waals surface area contributed by atoms with E-state index in [9.17, 15) is 4.79 Å². The Morgan fingerprint density at radius 3 is 2.94 bits per heavy atom. The van der Waals surface area contributed by atoms with Gasteiger partial charge in [-0.25, -0.2) is 0 Å². The van der Waals surface area contributed by atoms with Crippen molar-refractivity contribution in [1.29, 1.82) is 0 Å². The standard InChI is InChI=1S/C12H20N4O/c1-15(7-9-6-14-16(2)8-9)12(17)10-4-3-5-11(10)13/h6,8,10-11H,3-5,7,13H2,1-2H3. The van der Waals surface area contributed by atoms with E-state index in [-0.39, 0.29) is 17.9 Å². The second kappa shape index (κ2) is 4.87. The number of aromatic nitrogens is 2. The molecule has 0 radical (unpaired) electrons. The van der Waals surface area contributed by atoms with Crippen LogP contribution < -0.4 is 5.73 Å². The van der Waals surface area contributed by atoms with E-state index in [0.29, 0.717) is 6.54 Å². The van der Waals surface area contributed by atoms with Crippen molar-refractivity contribution in [2.24, 2.45) is 18.7 Å². The van der Waals surface area contributed by atoms with E-state index in [0.717, 1.165) is 24.8 Å². The molecule has 1 amide bonds. The van der Waals surface area contributed by atoms with Crippen LogP contribution in [0.2, 0.25) is 0 Å². The van der Waals surface area contributed by atoms with Crippen molar-refractivity contribution in [2.45, 2.75) is 31.8 Å². The summed E-state index contributed by atoms with van der Waals surface area (Å²) in [6, 6.07) is 0.0406. The molecule has 5 heteroatoms. The minimum Gasteiger partial charge on any atom is -0.341 e. The molecule has 5 nitrogen and oxygen atoms in total. The van der Waals surface area contributed by atoms with Gasteiger partial charge in [-0.15, -0.1) is 0 Å². The molecule has 1 fully saturated rings. The van der Waals surface area contributed by atoms with Gasteiger partial charge in [-0.1, -0.05) is 6.42 Å². The number of aryl methyl sites for hydroxylation is 1. The third-order valence-corrected chi connectivity index (χ3v) is 3.44. The van der Waals surface area contributed by atoms with Crippen molar-refractivity contribution >= 4 is 5.91 Å². The van der Waals surface area contributed by atoms with Crippen LogP contribution in [0.5, 0.6) is 0 Å². The van der Waals surface area contributed by atoms with E-state index < -0.39 is 0 Å². The topological polar surface area (TPSA) is 64.2 Å². The average Bonchev–Trinajstić information content (AvgIpc) is 2.86. The highest BCUT2D eigenvalue weighted by Crippen LogP contribution is 2.25. The van der Waals surface area contributed by atoms with Crippen LogP contribution >= 0.6 is 0 Å². The van der Waals surface area contributed by atoms with Crippen molar-refractivity contribution in [3.63, 3.8) is 0 Å². The molecule has 1 aliphatic carbocycles. The third kappa shape index (κ3) is 2.66. The fourth-order valence-corrected chi connectivity index (χ4v) is 2.48. The average molecular weight is 236 g/mol. The van der Waals surface area contributed by atoms with Crippen LogP contribution in [0.4, 0.5) is 0 Å². The quantitative estimate of drug-likeness (QED) is 0.831. The summed E-state index contributed by atoms with van der Waals surface area (Å²) in [5, 5.41) is 4.10. The van der Waals surface area contributed by atoms with Gasteiger partial charge in [-0.2, -0.15) is 5.10 Å². The summed E-state index contributed by atoms with van der Waals surface area (Å²) in [5.74, 6) is 0.176. The normalized spacial score (nSPS) is 23.9. The predicted molar refractivity (Wildman–Crippen MR) is 65.0 cm³/mol. The summed E-state index contributed by atoms with van der Waals surface area (Å²) in [5.41, 5.74) is 7.00. The van der Waals surface area contributed by atoms with E-state index in [4.69, 9.17) is 5.73 Å². The monoisotopic (exact) mass is 236 g/mol. The Labute approximate surface area is 102 Å². The Morgan fingerprint density at radius 1 is 1.65 bits per heavy atom. The Bertz CT molecular complexity index is 401. The zero-order chi connectivity index (χ0) is 12.4. The molecule has 1 aromatic rings. The first kappa shape index (κ1) is 12.1. The van der Waals surface area contributed by atoms with Crippen LogP contribution in [0.3, 0.4) is 0 Å². The van der Waals surface area contributed by atoms with Gasteiger partial charge in [-0.05, 0) is 12.8 Å². The molecular formula is C12H20N4O. The molecule has 1 saturated carbocycles. The van der Waals surface area contributed by atoms with E-state index in [1.54, 1.807) is 15.8 Å². The number of carbonyl (C=O) groups is 1. The largest absolute Gasteiger partial charge is 0.341 e. The molecular weight excluding hydrogens is 216 g/mol. The van der Waals surface area contributed by atoms with Gasteiger partial charge in [0.25, 0.3) is 0 Å². The predicted octanol–water partition coefficient (Wildman–Crippen LogP) is 0.506. The minimum atomic E-state index is 0.0108. The number of hydrogen-bond donors (Lipinski definition) is 1.